The van der Waals surface area contributed by atoms with E-state index in [0.717, 1.165) is 18.5 Å². The first-order valence-electron chi connectivity index (χ1n) is 12.8. The summed E-state index contributed by atoms with van der Waals surface area (Å²) in [7, 11) is 0. The van der Waals surface area contributed by atoms with Crippen LogP contribution < -0.4 is 4.90 Å². The van der Waals surface area contributed by atoms with Crippen molar-refractivity contribution in [2.24, 2.45) is 0 Å². The largest absolute Gasteiger partial charge is 0.444 e. The highest BCUT2D eigenvalue weighted by molar-refractivity contribution is 6.02. The molecule has 1 unspecified atom stereocenters. The smallest absolute Gasteiger partial charge is 0.410 e. The van der Waals surface area contributed by atoms with E-state index in [9.17, 15) is 9.59 Å². The third-order valence-electron chi connectivity index (χ3n) is 7.19. The molecule has 1 fully saturated rings. The van der Waals surface area contributed by atoms with E-state index in [1.54, 1.807) is 16.0 Å². The second kappa shape index (κ2) is 9.51. The molecule has 2 aromatic rings. The molecule has 2 aliphatic rings. The van der Waals surface area contributed by atoms with Gasteiger partial charge in [0.05, 0.1) is 18.8 Å². The van der Waals surface area contributed by atoms with Crippen LogP contribution in [-0.2, 0) is 25.1 Å². The van der Waals surface area contributed by atoms with Crippen molar-refractivity contribution in [1.29, 1.82) is 0 Å². The molecule has 1 aromatic carbocycles. The average molecular weight is 494 g/mol. The second-order valence-electron chi connectivity index (χ2n) is 12.1. The summed E-state index contributed by atoms with van der Waals surface area (Å²) in [4.78, 5) is 34.4. The van der Waals surface area contributed by atoms with Gasteiger partial charge in [-0.2, -0.15) is 0 Å². The molecule has 36 heavy (non-hydrogen) atoms. The van der Waals surface area contributed by atoms with Crippen LogP contribution in [-0.4, -0.2) is 53.3 Å². The number of benzene rings is 1. The SMILES string of the molecule is CC(C)(C)OC(=O)N1CCOC(C(=O)N(c2ccc3c(c2)C(C)(C)CCC3(C)C)c2ccccn2)C1. The van der Waals surface area contributed by atoms with Gasteiger partial charge in [0.2, 0.25) is 0 Å². The van der Waals surface area contributed by atoms with Crippen molar-refractivity contribution >= 4 is 23.5 Å². The highest BCUT2D eigenvalue weighted by Crippen LogP contribution is 2.47. The summed E-state index contributed by atoms with van der Waals surface area (Å²) in [6, 6.07) is 11.8. The number of amides is 2. The third-order valence-corrected chi connectivity index (χ3v) is 7.19. The Bertz CT molecular complexity index is 1120. The highest BCUT2D eigenvalue weighted by atomic mass is 16.6. The fourth-order valence-corrected chi connectivity index (χ4v) is 5.01. The van der Waals surface area contributed by atoms with Crippen LogP contribution in [0.3, 0.4) is 0 Å². The molecule has 1 aliphatic carbocycles. The van der Waals surface area contributed by atoms with Crippen molar-refractivity contribution < 1.29 is 19.1 Å². The Morgan fingerprint density at radius 1 is 1.06 bits per heavy atom. The van der Waals surface area contributed by atoms with Gasteiger partial charge in [0.25, 0.3) is 5.91 Å². The average Bonchev–Trinajstić information content (AvgIpc) is 2.82. The summed E-state index contributed by atoms with van der Waals surface area (Å²) in [6.07, 6.45) is 2.60. The molecule has 0 saturated carbocycles. The molecule has 1 atom stereocenters. The van der Waals surface area contributed by atoms with Crippen molar-refractivity contribution in [2.75, 3.05) is 24.6 Å². The van der Waals surface area contributed by atoms with Gasteiger partial charge in [-0.25, -0.2) is 9.78 Å². The molecule has 7 nitrogen and oxygen atoms in total. The number of pyridine rings is 1. The lowest BCUT2D eigenvalue weighted by Crippen LogP contribution is -2.52. The van der Waals surface area contributed by atoms with E-state index in [4.69, 9.17) is 9.47 Å². The van der Waals surface area contributed by atoms with Gasteiger partial charge >= 0.3 is 6.09 Å². The Morgan fingerprint density at radius 2 is 1.75 bits per heavy atom. The Balaban J connectivity index is 1.69. The first kappa shape index (κ1) is 26.1. The highest BCUT2D eigenvalue weighted by Gasteiger charge is 2.39. The number of rotatable bonds is 3. The van der Waals surface area contributed by atoms with Crippen molar-refractivity contribution in [2.45, 2.75) is 83.8 Å². The minimum absolute atomic E-state index is 0.00541. The van der Waals surface area contributed by atoms with Gasteiger partial charge in [0.1, 0.15) is 11.4 Å². The van der Waals surface area contributed by atoms with E-state index in [1.165, 1.54) is 11.1 Å². The number of anilines is 2. The van der Waals surface area contributed by atoms with Crippen molar-refractivity contribution in [3.63, 3.8) is 0 Å². The van der Waals surface area contributed by atoms with E-state index in [1.807, 2.05) is 45.0 Å². The van der Waals surface area contributed by atoms with Crippen LogP contribution in [0.1, 0.15) is 72.4 Å². The molecule has 2 amide bonds. The van der Waals surface area contributed by atoms with E-state index in [0.29, 0.717) is 12.4 Å². The summed E-state index contributed by atoms with van der Waals surface area (Å²) in [5, 5.41) is 0. The van der Waals surface area contributed by atoms with Crippen LogP contribution in [0.15, 0.2) is 42.6 Å². The van der Waals surface area contributed by atoms with Gasteiger partial charge < -0.3 is 14.4 Å². The van der Waals surface area contributed by atoms with E-state index >= 15 is 0 Å². The molecule has 4 rings (SSSR count). The monoisotopic (exact) mass is 493 g/mol. The molecule has 1 aliphatic heterocycles. The number of carbonyl (C=O) groups is 2. The van der Waals surface area contributed by atoms with Gasteiger partial charge in [-0.3, -0.25) is 9.69 Å². The van der Waals surface area contributed by atoms with E-state index < -0.39 is 17.8 Å². The Morgan fingerprint density at radius 3 is 2.39 bits per heavy atom. The number of hydrogen-bond donors (Lipinski definition) is 0. The summed E-state index contributed by atoms with van der Waals surface area (Å²) < 4.78 is 11.4. The predicted octanol–water partition coefficient (Wildman–Crippen LogP) is 5.73. The quantitative estimate of drug-likeness (QED) is 0.546. The molecular formula is C29H39N3O4. The lowest BCUT2D eigenvalue weighted by molar-refractivity contribution is -0.134. The fourth-order valence-electron chi connectivity index (χ4n) is 5.01. The zero-order valence-electron chi connectivity index (χ0n) is 22.6. The van der Waals surface area contributed by atoms with Gasteiger partial charge in [-0.15, -0.1) is 0 Å². The number of nitrogens with zero attached hydrogens (tertiary/aromatic N) is 3. The Labute approximate surface area is 214 Å². The van der Waals surface area contributed by atoms with Crippen LogP contribution in [0.25, 0.3) is 0 Å². The molecule has 1 saturated heterocycles. The third kappa shape index (κ3) is 5.41. The predicted molar refractivity (Wildman–Crippen MR) is 141 cm³/mol. The molecule has 0 radical (unpaired) electrons. The zero-order chi connectivity index (χ0) is 26.3. The molecule has 194 valence electrons. The summed E-state index contributed by atoms with van der Waals surface area (Å²) in [5.74, 6) is 0.267. The van der Waals surface area contributed by atoms with E-state index in [2.05, 4.69) is 44.8 Å². The normalized spacial score (nSPS) is 20.9. The van der Waals surface area contributed by atoms with Crippen molar-refractivity contribution in [1.82, 2.24) is 9.88 Å². The Kier molecular flexibility index (Phi) is 6.90. The maximum Gasteiger partial charge on any atom is 0.410 e. The Hall–Kier alpha value is -2.93. The van der Waals surface area contributed by atoms with Crippen LogP contribution in [0, 0.1) is 0 Å². The maximum absolute atomic E-state index is 14.0. The number of carbonyl (C=O) groups excluding carboxylic acids is 2. The lowest BCUT2D eigenvalue weighted by Gasteiger charge is -2.42. The number of hydrogen-bond acceptors (Lipinski definition) is 5. The standard InChI is InChI=1S/C29H39N3O4/c1-27(2,3)36-26(34)31-16-17-35-23(19-31)25(33)32(24-10-8-9-15-30-24)20-11-12-21-22(18-20)29(6,7)14-13-28(21,4)5/h8-12,15,18,23H,13-14,16-17,19H2,1-7H3. The molecule has 0 bridgehead atoms. The minimum Gasteiger partial charge on any atom is -0.444 e. The molecular weight excluding hydrogens is 454 g/mol. The summed E-state index contributed by atoms with van der Waals surface area (Å²) in [6.45, 7) is 15.3. The number of fused-ring (bicyclic) bond motifs is 1. The molecule has 1 aromatic heterocycles. The number of morpholine rings is 1. The first-order chi connectivity index (χ1) is 16.8. The first-order valence-corrected chi connectivity index (χ1v) is 12.8. The van der Waals surface area contributed by atoms with Crippen LogP contribution in [0.5, 0.6) is 0 Å². The molecule has 0 spiro atoms. The van der Waals surface area contributed by atoms with Crippen LogP contribution >= 0.6 is 0 Å². The minimum atomic E-state index is -0.825. The number of ether oxygens (including phenoxy) is 2. The van der Waals surface area contributed by atoms with Gasteiger partial charge in [0, 0.05) is 12.7 Å². The fraction of sp³-hybridized carbons (Fsp3) is 0.552. The van der Waals surface area contributed by atoms with Gasteiger partial charge in [-0.05, 0) is 79.8 Å². The van der Waals surface area contributed by atoms with Crippen molar-refractivity contribution in [3.05, 3.63) is 53.7 Å². The topological polar surface area (TPSA) is 72.0 Å². The second-order valence-corrected chi connectivity index (χ2v) is 12.1. The lowest BCUT2D eigenvalue weighted by atomic mass is 9.63. The molecule has 7 heteroatoms. The van der Waals surface area contributed by atoms with Gasteiger partial charge in [0.15, 0.2) is 6.10 Å². The molecule has 0 N–H and O–H groups in total. The zero-order valence-corrected chi connectivity index (χ0v) is 22.6. The van der Waals surface area contributed by atoms with Crippen LogP contribution in [0.2, 0.25) is 0 Å². The molecule has 2 heterocycles. The van der Waals surface area contributed by atoms with Crippen LogP contribution in [0.4, 0.5) is 16.3 Å². The van der Waals surface area contributed by atoms with E-state index in [-0.39, 0.29) is 29.9 Å². The maximum atomic E-state index is 14.0. The van der Waals surface area contributed by atoms with Crippen molar-refractivity contribution in [3.8, 4) is 0 Å². The van der Waals surface area contributed by atoms with Gasteiger partial charge in [-0.1, -0.05) is 39.8 Å². The summed E-state index contributed by atoms with van der Waals surface area (Å²) >= 11 is 0. The summed E-state index contributed by atoms with van der Waals surface area (Å²) in [5.41, 5.74) is 2.78. The number of aromatic nitrogens is 1.